The molecule has 1 aromatic rings. The molecule has 1 aromatic carbocycles. The summed E-state index contributed by atoms with van der Waals surface area (Å²) in [7, 11) is 1.44. The molecule has 5 saturated heterocycles. The van der Waals surface area contributed by atoms with Crippen molar-refractivity contribution in [3.8, 4) is 11.5 Å². The second-order valence-electron chi connectivity index (χ2n) is 16.6. The van der Waals surface area contributed by atoms with Crippen molar-refractivity contribution in [2.24, 2.45) is 0 Å². The molecule has 6 rings (SSSR count). The zero-order valence-corrected chi connectivity index (χ0v) is 36.1. The van der Waals surface area contributed by atoms with Crippen LogP contribution < -0.4 is 14.8 Å². The van der Waals surface area contributed by atoms with Crippen molar-refractivity contribution in [3.05, 3.63) is 24.3 Å². The number of methoxy groups -OCH3 is 1. The maximum Gasteiger partial charge on any atom is 0.335 e. The highest BCUT2D eigenvalue weighted by atomic mass is 16.8. The van der Waals surface area contributed by atoms with E-state index in [2.05, 4.69) is 5.32 Å². The van der Waals surface area contributed by atoms with Gasteiger partial charge in [0.25, 0.3) is 0 Å². The molecule has 388 valence electrons. The van der Waals surface area contributed by atoms with E-state index in [1.165, 1.54) is 31.4 Å². The van der Waals surface area contributed by atoms with Crippen molar-refractivity contribution in [2.45, 2.75) is 160 Å². The summed E-state index contributed by atoms with van der Waals surface area (Å²) in [5.41, 5.74) is 0. The lowest BCUT2D eigenvalue weighted by Gasteiger charge is -2.48. The highest BCUT2D eigenvalue weighted by molar-refractivity contribution is 5.73. The van der Waals surface area contributed by atoms with Crippen LogP contribution in [0.1, 0.15) is 6.92 Å². The predicted molar refractivity (Wildman–Crippen MR) is 210 cm³/mol. The lowest BCUT2D eigenvalue weighted by atomic mass is 9.95. The van der Waals surface area contributed by atoms with E-state index in [9.17, 15) is 86.2 Å². The van der Waals surface area contributed by atoms with E-state index in [0.717, 1.165) is 6.92 Å². The van der Waals surface area contributed by atoms with Crippen molar-refractivity contribution in [2.75, 3.05) is 33.5 Å². The average molecular weight is 990 g/mol. The zero-order valence-electron chi connectivity index (χ0n) is 36.1. The molecule has 1 amide bonds. The Morgan fingerprint density at radius 3 is 1.47 bits per heavy atom. The summed E-state index contributed by atoms with van der Waals surface area (Å²) in [5.74, 6) is -1.93. The fourth-order valence-corrected chi connectivity index (χ4v) is 8.07. The lowest BCUT2D eigenvalue weighted by Crippen LogP contribution is -2.68. The quantitative estimate of drug-likeness (QED) is 0.0689. The number of benzene rings is 1. The molecule has 0 bridgehead atoms. The van der Waals surface area contributed by atoms with Gasteiger partial charge in [-0.15, -0.1) is 0 Å². The molecule has 0 radical (unpaired) electrons. The molecule has 25 atom stereocenters. The molecule has 5 aliphatic heterocycles. The number of rotatable bonds is 17. The summed E-state index contributed by atoms with van der Waals surface area (Å²) in [5, 5.41) is 161. The number of carbonyl (C=O) groups is 2. The monoisotopic (exact) mass is 989 g/mol. The van der Waals surface area contributed by atoms with Crippen molar-refractivity contribution < 1.29 is 138 Å². The van der Waals surface area contributed by atoms with Crippen LogP contribution in [-0.4, -0.2) is 275 Å². The molecule has 16 N–H and O–H groups in total. The number of ether oxygens (including phenoxy) is 11. The van der Waals surface area contributed by atoms with E-state index >= 15 is 0 Å². The SMILES string of the molecule is COc1ccc(O[C@@H]2O[C@H](CO[C@@H]3O[C@H](C(=O)O)[C@@H](O[C@H]4O[C@H](CO[C@@H]5O[C@H](CO)[C@@H](O[C@@H]6O[C@H](CO)[C@H](O)[C@H](O)[C@H]6O)[C@H](O)[C@H]5NC(C)=O)[C@H](O)[C@H](O)[C@H]4O)[C@H](O)[C@H]3O)[C@H](O)[C@H](O)[C@H]2O)cc1. The van der Waals surface area contributed by atoms with Gasteiger partial charge in [0.15, 0.2) is 31.3 Å². The summed E-state index contributed by atoms with van der Waals surface area (Å²) >= 11 is 0. The van der Waals surface area contributed by atoms with Gasteiger partial charge in [-0.3, -0.25) is 4.79 Å². The molecule has 0 aromatic heterocycles. The Kier molecular flexibility index (Phi) is 18.6. The summed E-state index contributed by atoms with van der Waals surface area (Å²) in [4.78, 5) is 24.7. The smallest absolute Gasteiger partial charge is 0.335 e. The second-order valence-corrected chi connectivity index (χ2v) is 16.6. The molecule has 68 heavy (non-hydrogen) atoms. The number of nitrogens with one attached hydrogen (secondary N) is 1. The van der Waals surface area contributed by atoms with Gasteiger partial charge in [0.2, 0.25) is 12.2 Å². The minimum Gasteiger partial charge on any atom is -0.497 e. The zero-order chi connectivity index (χ0) is 49.9. The van der Waals surface area contributed by atoms with Gasteiger partial charge in [0, 0.05) is 6.92 Å². The minimum atomic E-state index is -2.23. The summed E-state index contributed by atoms with van der Waals surface area (Å²) in [6, 6.07) is 4.41. The van der Waals surface area contributed by atoms with Crippen LogP contribution in [0.2, 0.25) is 0 Å². The van der Waals surface area contributed by atoms with Crippen LogP contribution in [0.5, 0.6) is 11.5 Å². The fraction of sp³-hybridized carbons (Fsp3) is 0.795. The molecule has 0 unspecified atom stereocenters. The Morgan fingerprint density at radius 2 is 0.956 bits per heavy atom. The molecule has 29 heteroatoms. The first-order valence-electron chi connectivity index (χ1n) is 21.2. The van der Waals surface area contributed by atoms with Crippen LogP contribution in [0.15, 0.2) is 24.3 Å². The maximum absolute atomic E-state index is 12.5. The number of carboxylic acid groups (broad SMARTS) is 1. The first-order chi connectivity index (χ1) is 32.2. The van der Waals surface area contributed by atoms with E-state index in [1.807, 2.05) is 0 Å². The van der Waals surface area contributed by atoms with Crippen LogP contribution in [0.3, 0.4) is 0 Å². The van der Waals surface area contributed by atoms with Gasteiger partial charge in [-0.05, 0) is 24.3 Å². The predicted octanol–water partition coefficient (Wildman–Crippen LogP) is -9.59. The maximum atomic E-state index is 12.5. The third kappa shape index (κ3) is 11.8. The molecule has 0 spiro atoms. The lowest BCUT2D eigenvalue weighted by molar-refractivity contribution is -0.365. The normalized spacial score (nSPS) is 45.6. The summed E-state index contributed by atoms with van der Waals surface area (Å²) in [6.07, 6.45) is -45.1. The highest BCUT2D eigenvalue weighted by Gasteiger charge is 2.55. The van der Waals surface area contributed by atoms with E-state index in [0.29, 0.717) is 5.75 Å². The number of aliphatic hydroxyl groups is 14. The van der Waals surface area contributed by atoms with Crippen molar-refractivity contribution in [3.63, 3.8) is 0 Å². The molecule has 29 nitrogen and oxygen atoms in total. The Bertz CT molecular complexity index is 1770. The van der Waals surface area contributed by atoms with Gasteiger partial charge in [0.1, 0.15) is 127 Å². The number of amides is 1. The number of hydrogen-bond acceptors (Lipinski definition) is 27. The van der Waals surface area contributed by atoms with E-state index in [4.69, 9.17) is 52.1 Å². The van der Waals surface area contributed by atoms with E-state index in [1.54, 1.807) is 0 Å². The molecule has 5 heterocycles. The summed E-state index contributed by atoms with van der Waals surface area (Å²) < 4.78 is 60.9. The Labute approximate surface area is 384 Å². The third-order valence-electron chi connectivity index (χ3n) is 11.9. The van der Waals surface area contributed by atoms with Crippen molar-refractivity contribution >= 4 is 11.9 Å². The van der Waals surface area contributed by atoms with Gasteiger partial charge in [-0.2, -0.15) is 0 Å². The Hall–Kier alpha value is -3.16. The molecule has 0 saturated carbocycles. The standard InChI is InChI=1S/C39H59NO28/c1-11(43)40-18-22(47)31(66-38-28(53)23(48)19(44)14(7-41)62-38)15(8-42)63-35(18)59-9-16-20(45)25(50)29(54)39(65-16)67-32-26(51)30(55)36(68-33(32)34(56)57)60-10-17-21(46)24(49)27(52)37(64-17)61-13-5-3-12(58-2)4-6-13/h3-6,14-33,35-39,41-42,44-55H,7-10H2,1-2H3,(H,40,43)(H,56,57)/t14-,15-,16-,17-,18-,19+,20+,21+,22-,23+,24+,25+,26-,27-,28-,29-,30-,31-,32+,33+,35-,36-,37-,38+,39-/m1/s1. The molecular weight excluding hydrogens is 930 g/mol. The topological polar surface area (TPSA) is 451 Å². The van der Waals surface area contributed by atoms with Crippen molar-refractivity contribution in [1.29, 1.82) is 0 Å². The number of hydrogen-bond donors (Lipinski definition) is 16. The third-order valence-corrected chi connectivity index (χ3v) is 11.9. The van der Waals surface area contributed by atoms with Crippen LogP contribution >= 0.6 is 0 Å². The van der Waals surface area contributed by atoms with Gasteiger partial charge < -0.3 is 134 Å². The number of carboxylic acids is 1. The van der Waals surface area contributed by atoms with Gasteiger partial charge in [-0.25, -0.2) is 4.79 Å². The van der Waals surface area contributed by atoms with Crippen LogP contribution in [0.25, 0.3) is 0 Å². The number of carbonyl (C=O) groups excluding carboxylic acids is 1. The van der Waals surface area contributed by atoms with Gasteiger partial charge in [0.05, 0.1) is 33.5 Å². The molecule has 5 aliphatic rings. The molecule has 5 fully saturated rings. The fourth-order valence-electron chi connectivity index (χ4n) is 8.07. The minimum absolute atomic E-state index is 0.166. The van der Waals surface area contributed by atoms with Gasteiger partial charge >= 0.3 is 5.97 Å². The highest BCUT2D eigenvalue weighted by Crippen LogP contribution is 2.34. The first-order valence-corrected chi connectivity index (χ1v) is 21.2. The number of aliphatic carboxylic acids is 1. The summed E-state index contributed by atoms with van der Waals surface area (Å²) in [6.45, 7) is -2.30. The van der Waals surface area contributed by atoms with Crippen molar-refractivity contribution in [1.82, 2.24) is 5.32 Å². The van der Waals surface area contributed by atoms with Gasteiger partial charge in [-0.1, -0.05) is 0 Å². The largest absolute Gasteiger partial charge is 0.497 e. The molecular formula is C39H59NO28. The first kappa shape index (κ1) is 54.2. The van der Waals surface area contributed by atoms with E-state index < -0.39 is 192 Å². The number of aliphatic hydroxyl groups excluding tert-OH is 14. The van der Waals surface area contributed by atoms with E-state index in [-0.39, 0.29) is 5.75 Å². The Morgan fingerprint density at radius 1 is 0.515 bits per heavy atom. The van der Waals surface area contributed by atoms with Crippen LogP contribution in [0, 0.1) is 0 Å². The van der Waals surface area contributed by atoms with Crippen LogP contribution in [0.4, 0.5) is 0 Å². The molecule has 0 aliphatic carbocycles. The van der Waals surface area contributed by atoms with Crippen LogP contribution in [-0.2, 0) is 52.2 Å². The Balaban J connectivity index is 1.09. The second kappa shape index (κ2) is 23.4. The average Bonchev–Trinajstić information content (AvgIpc) is 3.31.